The predicted molar refractivity (Wildman–Crippen MR) is 80.0 cm³/mol. The van der Waals surface area contributed by atoms with Gasteiger partial charge in [0.05, 0.1) is 5.69 Å². The number of aryl methyl sites for hydroxylation is 1. The number of rotatable bonds is 4. The fourth-order valence-electron chi connectivity index (χ4n) is 2.67. The van der Waals surface area contributed by atoms with Crippen LogP contribution in [0.4, 0.5) is 0 Å². The molecule has 1 N–H and O–H groups in total. The van der Waals surface area contributed by atoms with Gasteiger partial charge in [0.2, 0.25) is 0 Å². The van der Waals surface area contributed by atoms with Crippen LogP contribution in [0.2, 0.25) is 0 Å². The molecule has 1 aliphatic carbocycles. The van der Waals surface area contributed by atoms with Crippen molar-refractivity contribution in [3.8, 4) is 0 Å². The zero-order valence-electron chi connectivity index (χ0n) is 11.0. The van der Waals surface area contributed by atoms with Crippen LogP contribution in [0.25, 0.3) is 0 Å². The quantitative estimate of drug-likeness (QED) is 0.937. The van der Waals surface area contributed by atoms with E-state index in [1.807, 2.05) is 17.9 Å². The summed E-state index contributed by atoms with van der Waals surface area (Å²) < 4.78 is 3.17. The van der Waals surface area contributed by atoms with Crippen molar-refractivity contribution in [2.24, 2.45) is 7.05 Å². The van der Waals surface area contributed by atoms with Gasteiger partial charge in [-0.15, -0.1) is 0 Å². The van der Waals surface area contributed by atoms with E-state index in [0.717, 1.165) is 6.54 Å². The van der Waals surface area contributed by atoms with Crippen LogP contribution in [-0.2, 0) is 13.6 Å². The lowest BCUT2D eigenvalue weighted by molar-refractivity contribution is 0.286. The Morgan fingerprint density at radius 2 is 2.11 bits per heavy atom. The Balaban J connectivity index is 1.51. The highest BCUT2D eigenvalue weighted by molar-refractivity contribution is 9.10. The van der Waals surface area contributed by atoms with Crippen molar-refractivity contribution in [2.45, 2.75) is 31.3 Å². The molecule has 1 aromatic heterocycles. The van der Waals surface area contributed by atoms with Crippen LogP contribution in [0.1, 0.15) is 30.0 Å². The fraction of sp³-hybridized carbons (Fsp3) is 0.400. The molecular formula is C15H18BrN3. The molecule has 0 radical (unpaired) electrons. The van der Waals surface area contributed by atoms with Crippen molar-refractivity contribution in [1.82, 2.24) is 15.1 Å². The Morgan fingerprint density at radius 1 is 1.32 bits per heavy atom. The highest BCUT2D eigenvalue weighted by Crippen LogP contribution is 2.39. The average Bonchev–Trinajstić information content (AvgIpc) is 2.75. The molecule has 1 aromatic carbocycles. The minimum absolute atomic E-state index is 0.631. The number of benzene rings is 1. The summed E-state index contributed by atoms with van der Waals surface area (Å²) in [6, 6.07) is 11.3. The normalized spacial score (nSPS) is 22.2. The van der Waals surface area contributed by atoms with Gasteiger partial charge in [-0.3, -0.25) is 4.68 Å². The van der Waals surface area contributed by atoms with Crippen LogP contribution in [0, 0.1) is 0 Å². The van der Waals surface area contributed by atoms with E-state index in [4.69, 9.17) is 0 Å². The molecule has 4 heteroatoms. The second-order valence-corrected chi connectivity index (χ2v) is 6.07. The summed E-state index contributed by atoms with van der Waals surface area (Å²) in [5, 5.41) is 7.79. The van der Waals surface area contributed by atoms with Gasteiger partial charge in [-0.1, -0.05) is 34.1 Å². The van der Waals surface area contributed by atoms with Crippen LogP contribution < -0.4 is 5.32 Å². The third kappa shape index (κ3) is 2.74. The molecule has 0 spiro atoms. The van der Waals surface area contributed by atoms with Crippen LogP contribution >= 0.6 is 15.9 Å². The Hall–Kier alpha value is -1.13. The van der Waals surface area contributed by atoms with Gasteiger partial charge in [0.25, 0.3) is 0 Å². The molecule has 1 fully saturated rings. The van der Waals surface area contributed by atoms with Gasteiger partial charge >= 0.3 is 0 Å². The maximum absolute atomic E-state index is 4.18. The highest BCUT2D eigenvalue weighted by Gasteiger charge is 2.30. The summed E-state index contributed by atoms with van der Waals surface area (Å²) in [6.07, 6.45) is 4.29. The third-order valence-corrected chi connectivity index (χ3v) is 4.70. The molecule has 0 atom stereocenters. The molecule has 3 rings (SSSR count). The number of aromatic nitrogens is 2. The maximum atomic E-state index is 4.18. The third-order valence-electron chi connectivity index (χ3n) is 3.98. The van der Waals surface area contributed by atoms with Crippen LogP contribution in [-0.4, -0.2) is 15.8 Å². The lowest BCUT2D eigenvalue weighted by atomic mass is 9.76. The Bertz CT molecular complexity index is 558. The van der Waals surface area contributed by atoms with E-state index >= 15 is 0 Å². The molecule has 0 aliphatic heterocycles. The second-order valence-electron chi connectivity index (χ2n) is 5.21. The van der Waals surface area contributed by atoms with E-state index in [0.29, 0.717) is 12.0 Å². The Kier molecular flexibility index (Phi) is 3.71. The van der Waals surface area contributed by atoms with Crippen molar-refractivity contribution < 1.29 is 0 Å². The standard InChI is InChI=1S/C15H18BrN3/c1-19-13(6-7-18-19)10-17-12-8-11(9-12)14-4-2-3-5-15(14)16/h2-7,11-12,17H,8-10H2,1H3. The molecule has 0 bridgehead atoms. The van der Waals surface area contributed by atoms with E-state index in [9.17, 15) is 0 Å². The van der Waals surface area contributed by atoms with Gasteiger partial charge in [0, 0.05) is 30.3 Å². The summed E-state index contributed by atoms with van der Waals surface area (Å²) in [5.41, 5.74) is 2.69. The first-order valence-corrected chi connectivity index (χ1v) is 7.48. The van der Waals surface area contributed by atoms with E-state index in [2.05, 4.69) is 56.7 Å². The lowest BCUT2D eigenvalue weighted by Gasteiger charge is -2.37. The van der Waals surface area contributed by atoms with E-state index in [1.165, 1.54) is 28.6 Å². The van der Waals surface area contributed by atoms with Crippen molar-refractivity contribution in [1.29, 1.82) is 0 Å². The molecule has 19 heavy (non-hydrogen) atoms. The molecule has 2 aromatic rings. The topological polar surface area (TPSA) is 29.9 Å². The fourth-order valence-corrected chi connectivity index (χ4v) is 3.28. The summed E-state index contributed by atoms with van der Waals surface area (Å²) in [4.78, 5) is 0. The Morgan fingerprint density at radius 3 is 2.79 bits per heavy atom. The minimum atomic E-state index is 0.631. The van der Waals surface area contributed by atoms with Crippen molar-refractivity contribution in [3.63, 3.8) is 0 Å². The molecule has 1 aliphatic rings. The zero-order chi connectivity index (χ0) is 13.2. The summed E-state index contributed by atoms with van der Waals surface area (Å²) in [6.45, 7) is 0.907. The molecule has 3 nitrogen and oxygen atoms in total. The number of halogens is 1. The molecule has 100 valence electrons. The number of hydrogen-bond donors (Lipinski definition) is 1. The van der Waals surface area contributed by atoms with E-state index in [-0.39, 0.29) is 0 Å². The molecule has 0 saturated heterocycles. The molecule has 1 saturated carbocycles. The van der Waals surface area contributed by atoms with E-state index in [1.54, 1.807) is 0 Å². The molecule has 0 unspecified atom stereocenters. The number of hydrogen-bond acceptors (Lipinski definition) is 2. The van der Waals surface area contributed by atoms with Crippen molar-refractivity contribution >= 4 is 15.9 Å². The summed E-state index contributed by atoms with van der Waals surface area (Å²) in [5.74, 6) is 0.694. The van der Waals surface area contributed by atoms with Crippen LogP contribution in [0.5, 0.6) is 0 Å². The average molecular weight is 320 g/mol. The molecule has 0 amide bonds. The van der Waals surface area contributed by atoms with Crippen LogP contribution in [0.15, 0.2) is 41.0 Å². The monoisotopic (exact) mass is 319 g/mol. The Labute approximate surface area is 122 Å². The lowest BCUT2D eigenvalue weighted by Crippen LogP contribution is -2.40. The first-order valence-electron chi connectivity index (χ1n) is 6.68. The first-order chi connectivity index (χ1) is 9.24. The molecule has 1 heterocycles. The summed E-state index contributed by atoms with van der Waals surface area (Å²) in [7, 11) is 1.99. The van der Waals surface area contributed by atoms with E-state index < -0.39 is 0 Å². The first kappa shape index (κ1) is 12.9. The number of nitrogens with zero attached hydrogens (tertiary/aromatic N) is 2. The molecular weight excluding hydrogens is 302 g/mol. The van der Waals surface area contributed by atoms with Gasteiger partial charge in [0.15, 0.2) is 0 Å². The highest BCUT2D eigenvalue weighted by atomic mass is 79.9. The van der Waals surface area contributed by atoms with Gasteiger partial charge in [-0.05, 0) is 36.5 Å². The largest absolute Gasteiger partial charge is 0.308 e. The van der Waals surface area contributed by atoms with Gasteiger partial charge in [-0.25, -0.2) is 0 Å². The zero-order valence-corrected chi connectivity index (χ0v) is 12.6. The van der Waals surface area contributed by atoms with Crippen molar-refractivity contribution in [2.75, 3.05) is 0 Å². The predicted octanol–water partition coefficient (Wildman–Crippen LogP) is 3.22. The van der Waals surface area contributed by atoms with Gasteiger partial charge in [0.1, 0.15) is 0 Å². The SMILES string of the molecule is Cn1nccc1CNC1CC(c2ccccc2Br)C1. The van der Waals surface area contributed by atoms with Crippen molar-refractivity contribution in [3.05, 3.63) is 52.3 Å². The minimum Gasteiger partial charge on any atom is -0.308 e. The smallest absolute Gasteiger partial charge is 0.0518 e. The van der Waals surface area contributed by atoms with Crippen LogP contribution in [0.3, 0.4) is 0 Å². The van der Waals surface area contributed by atoms with Gasteiger partial charge in [-0.2, -0.15) is 5.10 Å². The van der Waals surface area contributed by atoms with Gasteiger partial charge < -0.3 is 5.32 Å². The second kappa shape index (κ2) is 5.47. The number of nitrogens with one attached hydrogen (secondary N) is 1. The maximum Gasteiger partial charge on any atom is 0.0518 e. The summed E-state index contributed by atoms with van der Waals surface area (Å²) >= 11 is 3.64.